The maximum Gasteiger partial charge on any atom is 0.339 e. The molecule has 1 N–H and O–H groups in total. The van der Waals surface area contributed by atoms with Crippen LogP contribution < -0.4 is 5.32 Å². The van der Waals surface area contributed by atoms with Gasteiger partial charge in [0.1, 0.15) is 5.56 Å². The zero-order valence-corrected chi connectivity index (χ0v) is 15.3. The third-order valence-electron chi connectivity index (χ3n) is 3.97. The Morgan fingerprint density at radius 1 is 1.00 bits per heavy atom. The minimum Gasteiger partial charge on any atom is -0.452 e. The molecule has 0 atom stereocenters. The number of carbonyl (C=O) groups is 2. The van der Waals surface area contributed by atoms with E-state index in [-0.39, 0.29) is 11.1 Å². The van der Waals surface area contributed by atoms with E-state index < -0.39 is 39.7 Å². The fourth-order valence-corrected chi connectivity index (χ4v) is 2.54. The lowest BCUT2D eigenvalue weighted by atomic mass is 10.1. The summed E-state index contributed by atoms with van der Waals surface area (Å²) in [4.78, 5) is 44.6. The molecule has 10 nitrogen and oxygen atoms in total. The highest BCUT2D eigenvalue weighted by Gasteiger charge is 2.26. The van der Waals surface area contributed by atoms with Crippen molar-refractivity contribution in [2.45, 2.75) is 20.8 Å². The molecule has 0 aliphatic heterocycles. The third kappa shape index (κ3) is 4.67. The summed E-state index contributed by atoms with van der Waals surface area (Å²) in [5.41, 5.74) is 0.659. The second-order valence-electron chi connectivity index (χ2n) is 6.10. The van der Waals surface area contributed by atoms with Gasteiger partial charge in [-0.3, -0.25) is 25.0 Å². The van der Waals surface area contributed by atoms with Gasteiger partial charge in [0.2, 0.25) is 0 Å². The molecule has 0 aliphatic rings. The Labute approximate surface area is 159 Å². The molecule has 0 aromatic heterocycles. The van der Waals surface area contributed by atoms with E-state index in [0.717, 1.165) is 23.3 Å². The zero-order chi connectivity index (χ0) is 21.0. The quantitative estimate of drug-likeness (QED) is 0.455. The van der Waals surface area contributed by atoms with Crippen LogP contribution in [0.15, 0.2) is 30.3 Å². The zero-order valence-electron chi connectivity index (χ0n) is 15.3. The van der Waals surface area contributed by atoms with Crippen LogP contribution in [0, 0.1) is 41.0 Å². The van der Waals surface area contributed by atoms with Gasteiger partial charge in [0, 0.05) is 17.8 Å². The summed E-state index contributed by atoms with van der Waals surface area (Å²) >= 11 is 0. The summed E-state index contributed by atoms with van der Waals surface area (Å²) in [5.74, 6) is -1.70. The number of nitrogens with one attached hydrogen (secondary N) is 1. The largest absolute Gasteiger partial charge is 0.452 e. The van der Waals surface area contributed by atoms with Crippen LogP contribution in [-0.2, 0) is 9.53 Å². The van der Waals surface area contributed by atoms with Gasteiger partial charge in [0.05, 0.1) is 15.4 Å². The Bertz CT molecular complexity index is 950. The Balaban J connectivity index is 2.13. The molecule has 146 valence electrons. The molecule has 2 aromatic rings. The lowest BCUT2D eigenvalue weighted by Gasteiger charge is -2.10. The molecule has 1 amide bonds. The summed E-state index contributed by atoms with van der Waals surface area (Å²) in [7, 11) is 0. The predicted molar refractivity (Wildman–Crippen MR) is 99.3 cm³/mol. The van der Waals surface area contributed by atoms with E-state index in [1.807, 2.05) is 13.0 Å². The van der Waals surface area contributed by atoms with Crippen molar-refractivity contribution in [3.05, 3.63) is 72.8 Å². The molecule has 28 heavy (non-hydrogen) atoms. The Kier molecular flexibility index (Phi) is 6.04. The number of esters is 1. The summed E-state index contributed by atoms with van der Waals surface area (Å²) < 4.78 is 4.84. The SMILES string of the molecule is Cc1ccc(NC(=O)COC(=O)c2cc([N+](=O)[O-])c(C)c([N+](=O)[O-])c2)c(C)c1. The molecule has 0 aliphatic carbocycles. The standard InChI is InChI=1S/C18H17N3O7/c1-10-4-5-14(11(2)6-10)19-17(22)9-28-18(23)13-7-15(20(24)25)12(3)16(8-13)21(26)27/h4-8H,9H2,1-3H3,(H,19,22). The van der Waals surface area contributed by atoms with Crippen LogP contribution in [0.4, 0.5) is 17.1 Å². The van der Waals surface area contributed by atoms with Crippen molar-refractivity contribution in [1.29, 1.82) is 0 Å². The van der Waals surface area contributed by atoms with E-state index in [1.54, 1.807) is 19.1 Å². The average molecular weight is 387 g/mol. The van der Waals surface area contributed by atoms with E-state index >= 15 is 0 Å². The molecule has 0 radical (unpaired) electrons. The normalized spacial score (nSPS) is 10.2. The maximum absolute atomic E-state index is 12.1. The van der Waals surface area contributed by atoms with Crippen LogP contribution in [0.25, 0.3) is 0 Å². The first-order chi connectivity index (χ1) is 13.1. The highest BCUT2D eigenvalue weighted by Crippen LogP contribution is 2.29. The van der Waals surface area contributed by atoms with Gasteiger partial charge in [-0.2, -0.15) is 0 Å². The molecular formula is C18H17N3O7. The van der Waals surface area contributed by atoms with Gasteiger partial charge >= 0.3 is 5.97 Å². The molecule has 0 unspecified atom stereocenters. The highest BCUT2D eigenvalue weighted by atomic mass is 16.6. The van der Waals surface area contributed by atoms with Crippen LogP contribution in [0.2, 0.25) is 0 Å². The Morgan fingerprint density at radius 2 is 1.57 bits per heavy atom. The van der Waals surface area contributed by atoms with E-state index in [0.29, 0.717) is 5.69 Å². The molecule has 0 fully saturated rings. The maximum atomic E-state index is 12.1. The van der Waals surface area contributed by atoms with Crippen molar-refractivity contribution in [3.63, 3.8) is 0 Å². The van der Waals surface area contributed by atoms with Crippen molar-refractivity contribution < 1.29 is 24.2 Å². The van der Waals surface area contributed by atoms with Crippen molar-refractivity contribution in [1.82, 2.24) is 0 Å². The van der Waals surface area contributed by atoms with Crippen molar-refractivity contribution in [2.24, 2.45) is 0 Å². The van der Waals surface area contributed by atoms with E-state index in [2.05, 4.69) is 5.32 Å². The first kappa shape index (κ1) is 20.5. The molecule has 10 heteroatoms. The number of amides is 1. The molecule has 0 bridgehead atoms. The van der Waals surface area contributed by atoms with Gasteiger partial charge in [0.25, 0.3) is 17.3 Å². The van der Waals surface area contributed by atoms with Crippen LogP contribution in [0.1, 0.15) is 27.0 Å². The van der Waals surface area contributed by atoms with Gasteiger partial charge in [0.15, 0.2) is 6.61 Å². The van der Waals surface area contributed by atoms with Crippen molar-refractivity contribution >= 4 is 28.9 Å². The van der Waals surface area contributed by atoms with Gasteiger partial charge < -0.3 is 10.1 Å². The lowest BCUT2D eigenvalue weighted by Crippen LogP contribution is -2.21. The summed E-state index contributed by atoms with van der Waals surface area (Å²) in [6, 6.07) is 7.14. The van der Waals surface area contributed by atoms with Gasteiger partial charge in [-0.05, 0) is 32.4 Å². The first-order valence-corrected chi connectivity index (χ1v) is 8.07. The summed E-state index contributed by atoms with van der Waals surface area (Å²) in [5, 5.41) is 24.7. The minimum atomic E-state index is -1.08. The summed E-state index contributed by atoms with van der Waals surface area (Å²) in [6.45, 7) is 4.27. The predicted octanol–water partition coefficient (Wildman–Crippen LogP) is 3.22. The molecule has 0 heterocycles. The molecule has 0 saturated carbocycles. The number of carbonyl (C=O) groups excluding carboxylic acids is 2. The van der Waals surface area contributed by atoms with Crippen molar-refractivity contribution in [2.75, 3.05) is 11.9 Å². The van der Waals surface area contributed by atoms with Crippen LogP contribution >= 0.6 is 0 Å². The van der Waals surface area contributed by atoms with Gasteiger partial charge in [-0.25, -0.2) is 4.79 Å². The minimum absolute atomic E-state index is 0.181. The van der Waals surface area contributed by atoms with E-state index in [1.165, 1.54) is 6.92 Å². The van der Waals surface area contributed by atoms with Gasteiger partial charge in [-0.1, -0.05) is 17.7 Å². The fourth-order valence-electron chi connectivity index (χ4n) is 2.54. The van der Waals surface area contributed by atoms with Gasteiger partial charge in [-0.15, -0.1) is 0 Å². The average Bonchev–Trinajstić information content (AvgIpc) is 2.61. The first-order valence-electron chi connectivity index (χ1n) is 8.07. The monoisotopic (exact) mass is 387 g/mol. The number of nitrogens with zero attached hydrogens (tertiary/aromatic N) is 2. The topological polar surface area (TPSA) is 142 Å². The second-order valence-corrected chi connectivity index (χ2v) is 6.10. The number of nitro benzene ring substituents is 2. The molecule has 2 aromatic carbocycles. The number of aryl methyl sites for hydroxylation is 2. The van der Waals surface area contributed by atoms with E-state index in [4.69, 9.17) is 4.74 Å². The van der Waals surface area contributed by atoms with Crippen molar-refractivity contribution in [3.8, 4) is 0 Å². The Hall–Kier alpha value is -3.82. The van der Waals surface area contributed by atoms with Crippen LogP contribution in [0.3, 0.4) is 0 Å². The number of nitro groups is 2. The fraction of sp³-hybridized carbons (Fsp3) is 0.222. The second kappa shape index (κ2) is 8.25. The third-order valence-corrected chi connectivity index (χ3v) is 3.97. The lowest BCUT2D eigenvalue weighted by molar-refractivity contribution is -0.395. The number of hydrogen-bond acceptors (Lipinski definition) is 7. The van der Waals surface area contributed by atoms with Crippen LogP contribution in [-0.4, -0.2) is 28.3 Å². The number of hydrogen-bond donors (Lipinski definition) is 1. The number of benzene rings is 2. The van der Waals surface area contributed by atoms with E-state index in [9.17, 15) is 29.8 Å². The Morgan fingerprint density at radius 3 is 2.07 bits per heavy atom. The molecular weight excluding hydrogens is 370 g/mol. The number of anilines is 1. The smallest absolute Gasteiger partial charge is 0.339 e. The summed E-state index contributed by atoms with van der Waals surface area (Å²) in [6.07, 6.45) is 0. The molecule has 0 saturated heterocycles. The molecule has 2 rings (SSSR count). The van der Waals surface area contributed by atoms with Crippen LogP contribution in [0.5, 0.6) is 0 Å². The highest BCUT2D eigenvalue weighted by molar-refractivity contribution is 5.96. The number of rotatable bonds is 6. The molecule has 0 spiro atoms. The number of ether oxygens (including phenoxy) is 1.